The maximum absolute atomic E-state index is 13.7. The topological polar surface area (TPSA) is 49.3 Å². The highest BCUT2D eigenvalue weighted by atomic mass is 19.1. The summed E-state index contributed by atoms with van der Waals surface area (Å²) < 4.78 is 13.7. The minimum absolute atomic E-state index is 0.0243. The van der Waals surface area contributed by atoms with Crippen LogP contribution in [0.5, 0.6) is 0 Å². The van der Waals surface area contributed by atoms with Gasteiger partial charge in [-0.3, -0.25) is 0 Å². The Bertz CT molecular complexity index is 217. The molecule has 1 aliphatic heterocycles. The van der Waals surface area contributed by atoms with Crippen molar-refractivity contribution in [3.05, 3.63) is 0 Å². The fourth-order valence-electron chi connectivity index (χ4n) is 1.98. The Morgan fingerprint density at radius 2 is 2.25 bits per heavy atom. The molecule has 0 bridgehead atoms. The minimum Gasteiger partial charge on any atom is -0.479 e. The zero-order valence-electron chi connectivity index (χ0n) is 6.72. The van der Waals surface area contributed by atoms with E-state index < -0.39 is 11.6 Å². The molecule has 0 aromatic rings. The van der Waals surface area contributed by atoms with Crippen LogP contribution in [0.3, 0.4) is 0 Å². The van der Waals surface area contributed by atoms with E-state index in [1.54, 1.807) is 0 Å². The predicted molar refractivity (Wildman–Crippen MR) is 40.6 cm³/mol. The van der Waals surface area contributed by atoms with Gasteiger partial charge in [0.25, 0.3) is 0 Å². The van der Waals surface area contributed by atoms with E-state index in [0.717, 1.165) is 12.8 Å². The van der Waals surface area contributed by atoms with Gasteiger partial charge in [0.05, 0.1) is 0 Å². The van der Waals surface area contributed by atoms with Crippen molar-refractivity contribution in [3.63, 3.8) is 0 Å². The number of halogens is 1. The maximum atomic E-state index is 13.7. The first-order valence-electron chi connectivity index (χ1n) is 4.27. The van der Waals surface area contributed by atoms with Crippen LogP contribution >= 0.6 is 0 Å². The van der Waals surface area contributed by atoms with Crippen molar-refractivity contribution in [2.45, 2.75) is 18.5 Å². The van der Waals surface area contributed by atoms with Crippen LogP contribution in [0.15, 0.2) is 0 Å². The van der Waals surface area contributed by atoms with Crippen LogP contribution in [0.4, 0.5) is 4.39 Å². The van der Waals surface area contributed by atoms with Gasteiger partial charge in [0.15, 0.2) is 0 Å². The third-order valence-corrected chi connectivity index (χ3v) is 2.88. The molecule has 2 atom stereocenters. The largest absolute Gasteiger partial charge is 0.479 e. The number of alkyl halides is 1. The van der Waals surface area contributed by atoms with Crippen LogP contribution in [0.2, 0.25) is 0 Å². The van der Waals surface area contributed by atoms with Gasteiger partial charge in [-0.25, -0.2) is 9.18 Å². The lowest BCUT2D eigenvalue weighted by molar-refractivity contribution is -0.152. The predicted octanol–water partition coefficient (Wildman–Crippen LogP) is 0.409. The fraction of sp³-hybridized carbons (Fsp3) is 0.875. The van der Waals surface area contributed by atoms with Crippen LogP contribution in [0, 0.1) is 11.8 Å². The van der Waals surface area contributed by atoms with Crippen LogP contribution in [0.1, 0.15) is 12.8 Å². The molecule has 1 saturated carbocycles. The second-order valence-corrected chi connectivity index (χ2v) is 3.74. The summed E-state index contributed by atoms with van der Waals surface area (Å²) in [5.74, 6) is -1.29. The molecule has 2 aliphatic rings. The van der Waals surface area contributed by atoms with E-state index in [4.69, 9.17) is 5.11 Å². The molecule has 1 saturated heterocycles. The molecule has 3 nitrogen and oxygen atoms in total. The van der Waals surface area contributed by atoms with Crippen molar-refractivity contribution in [1.82, 2.24) is 5.32 Å². The maximum Gasteiger partial charge on any atom is 0.343 e. The van der Waals surface area contributed by atoms with E-state index >= 15 is 0 Å². The molecular formula is C8H12FNO2. The standard InChI is InChI=1S/C8H12FNO2/c9-8(7(11)12)4-10-3-6(8)5-1-2-5/h5-6,10H,1-4H2,(H,11,12). The Hall–Kier alpha value is -0.640. The van der Waals surface area contributed by atoms with E-state index in [1.807, 2.05) is 0 Å². The third kappa shape index (κ3) is 1.02. The summed E-state index contributed by atoms with van der Waals surface area (Å²) in [7, 11) is 0. The summed E-state index contributed by atoms with van der Waals surface area (Å²) in [5.41, 5.74) is -2.00. The molecule has 0 aromatic heterocycles. The highest BCUT2D eigenvalue weighted by Crippen LogP contribution is 2.45. The molecule has 2 rings (SSSR count). The summed E-state index contributed by atoms with van der Waals surface area (Å²) in [6.45, 7) is 0.497. The van der Waals surface area contributed by atoms with E-state index in [1.165, 1.54) is 0 Å². The van der Waals surface area contributed by atoms with E-state index in [9.17, 15) is 9.18 Å². The van der Waals surface area contributed by atoms with E-state index in [2.05, 4.69) is 5.32 Å². The summed E-state index contributed by atoms with van der Waals surface area (Å²) in [6.07, 6.45) is 1.98. The zero-order valence-corrected chi connectivity index (χ0v) is 6.72. The molecule has 12 heavy (non-hydrogen) atoms. The highest BCUT2D eigenvalue weighted by molar-refractivity contribution is 5.78. The molecule has 2 fully saturated rings. The van der Waals surface area contributed by atoms with Crippen molar-refractivity contribution in [1.29, 1.82) is 0 Å². The Morgan fingerprint density at radius 3 is 2.75 bits per heavy atom. The number of hydrogen-bond donors (Lipinski definition) is 2. The molecule has 2 N–H and O–H groups in total. The van der Waals surface area contributed by atoms with Gasteiger partial charge < -0.3 is 10.4 Å². The second-order valence-electron chi connectivity index (χ2n) is 3.74. The molecule has 0 amide bonds. The SMILES string of the molecule is O=C(O)C1(F)CNCC1C1CC1. The van der Waals surface area contributed by atoms with Gasteiger partial charge in [0, 0.05) is 19.0 Å². The monoisotopic (exact) mass is 173 g/mol. The molecule has 4 heteroatoms. The molecule has 2 unspecified atom stereocenters. The fourth-order valence-corrected chi connectivity index (χ4v) is 1.98. The number of carbonyl (C=O) groups is 1. The minimum atomic E-state index is -2.00. The van der Waals surface area contributed by atoms with Gasteiger partial charge in [0.1, 0.15) is 0 Å². The highest BCUT2D eigenvalue weighted by Gasteiger charge is 2.55. The van der Waals surface area contributed by atoms with Gasteiger partial charge in [-0.2, -0.15) is 0 Å². The van der Waals surface area contributed by atoms with Crippen molar-refractivity contribution >= 4 is 5.97 Å². The first-order chi connectivity index (χ1) is 5.64. The van der Waals surface area contributed by atoms with Gasteiger partial charge in [-0.1, -0.05) is 0 Å². The summed E-state index contributed by atoms with van der Waals surface area (Å²) in [4.78, 5) is 10.7. The number of hydrogen-bond acceptors (Lipinski definition) is 2. The lowest BCUT2D eigenvalue weighted by atomic mass is 9.89. The van der Waals surface area contributed by atoms with Gasteiger partial charge in [-0.15, -0.1) is 0 Å². The van der Waals surface area contributed by atoms with Crippen molar-refractivity contribution in [2.24, 2.45) is 11.8 Å². The first-order valence-corrected chi connectivity index (χ1v) is 4.27. The second kappa shape index (κ2) is 2.42. The Balaban J connectivity index is 2.16. The molecule has 1 aliphatic carbocycles. The van der Waals surface area contributed by atoms with E-state index in [0.29, 0.717) is 12.5 Å². The number of nitrogens with one attached hydrogen (secondary N) is 1. The van der Waals surface area contributed by atoms with Crippen LogP contribution < -0.4 is 5.32 Å². The van der Waals surface area contributed by atoms with Crippen molar-refractivity contribution < 1.29 is 14.3 Å². The molecule has 68 valence electrons. The molecule has 0 aromatic carbocycles. The number of rotatable bonds is 2. The summed E-state index contributed by atoms with van der Waals surface area (Å²) in [6, 6.07) is 0. The lowest BCUT2D eigenvalue weighted by Gasteiger charge is -2.20. The van der Waals surface area contributed by atoms with Crippen LogP contribution in [0.25, 0.3) is 0 Å². The van der Waals surface area contributed by atoms with E-state index in [-0.39, 0.29) is 12.5 Å². The lowest BCUT2D eigenvalue weighted by Crippen LogP contribution is -2.42. The normalized spacial score (nSPS) is 41.6. The van der Waals surface area contributed by atoms with Gasteiger partial charge in [-0.05, 0) is 18.8 Å². The molecule has 0 radical (unpaired) electrons. The van der Waals surface area contributed by atoms with Crippen LogP contribution in [-0.4, -0.2) is 29.8 Å². The molecule has 1 heterocycles. The summed E-state index contributed by atoms with van der Waals surface area (Å²) >= 11 is 0. The Labute approximate surface area is 70.0 Å². The Kier molecular flexibility index (Phi) is 1.61. The first kappa shape index (κ1) is 7.98. The van der Waals surface area contributed by atoms with Crippen LogP contribution in [-0.2, 0) is 4.79 Å². The number of carboxylic acid groups (broad SMARTS) is 1. The smallest absolute Gasteiger partial charge is 0.343 e. The third-order valence-electron chi connectivity index (χ3n) is 2.88. The zero-order chi connectivity index (χ0) is 8.77. The quantitative estimate of drug-likeness (QED) is 0.635. The number of carboxylic acids is 1. The average Bonchev–Trinajstić information content (AvgIpc) is 2.76. The van der Waals surface area contributed by atoms with Crippen molar-refractivity contribution in [2.75, 3.05) is 13.1 Å². The van der Waals surface area contributed by atoms with Crippen molar-refractivity contribution in [3.8, 4) is 0 Å². The molecule has 0 spiro atoms. The molecular weight excluding hydrogens is 161 g/mol. The van der Waals surface area contributed by atoms with Gasteiger partial charge in [0.2, 0.25) is 5.67 Å². The van der Waals surface area contributed by atoms with Gasteiger partial charge >= 0.3 is 5.97 Å². The number of aliphatic carboxylic acids is 1. The Morgan fingerprint density at radius 1 is 1.58 bits per heavy atom. The summed E-state index contributed by atoms with van der Waals surface area (Å²) in [5, 5.41) is 11.5. The average molecular weight is 173 g/mol.